The largest absolute Gasteiger partial charge is 0.293 e. The lowest BCUT2D eigenvalue weighted by atomic mass is 9.79. The zero-order valence-electron chi connectivity index (χ0n) is 14.0. The van der Waals surface area contributed by atoms with Crippen LogP contribution in [0.2, 0.25) is 0 Å². The summed E-state index contributed by atoms with van der Waals surface area (Å²) in [6.45, 7) is 8.20. The lowest BCUT2D eigenvalue weighted by molar-refractivity contribution is 0.0705. The van der Waals surface area contributed by atoms with Crippen molar-refractivity contribution in [1.29, 1.82) is 0 Å². The number of Topliss-reactive ketones (excluding diaryl/α,β-unsaturated/α-hetero) is 2. The molecule has 0 saturated heterocycles. The Balaban J connectivity index is 1.88. The van der Waals surface area contributed by atoms with E-state index in [0.29, 0.717) is 12.8 Å². The molecule has 2 aromatic rings. The Bertz CT molecular complexity index is 905. The summed E-state index contributed by atoms with van der Waals surface area (Å²) < 4.78 is 0. The molecule has 0 bridgehead atoms. The Morgan fingerprint density at radius 2 is 1.43 bits per heavy atom. The average molecular weight is 304 g/mol. The van der Waals surface area contributed by atoms with Gasteiger partial charge in [-0.25, -0.2) is 0 Å². The SMILES string of the molecule is Cc1cc2c(cc1C)C(=O)C1(C2)Cc2c(ccc(C)c2C)C1=O. The fourth-order valence-electron chi connectivity index (χ4n) is 4.18. The molecule has 2 nitrogen and oxygen atoms in total. The van der Waals surface area contributed by atoms with Gasteiger partial charge in [0.25, 0.3) is 0 Å². The average Bonchev–Trinajstić information content (AvgIpc) is 2.94. The fraction of sp³-hybridized carbons (Fsp3) is 0.333. The maximum Gasteiger partial charge on any atom is 0.177 e. The molecule has 2 aromatic carbocycles. The normalized spacial score (nSPS) is 21.9. The third kappa shape index (κ3) is 1.69. The first-order valence-corrected chi connectivity index (χ1v) is 8.14. The molecule has 0 fully saturated rings. The minimum atomic E-state index is -0.885. The monoisotopic (exact) mass is 304 g/mol. The van der Waals surface area contributed by atoms with E-state index >= 15 is 0 Å². The lowest BCUT2D eigenvalue weighted by Crippen LogP contribution is -2.34. The highest BCUT2D eigenvalue weighted by Gasteiger charge is 2.55. The quantitative estimate of drug-likeness (QED) is 0.687. The van der Waals surface area contributed by atoms with Crippen LogP contribution in [0.25, 0.3) is 0 Å². The van der Waals surface area contributed by atoms with E-state index in [1.54, 1.807) is 0 Å². The lowest BCUT2D eigenvalue weighted by Gasteiger charge is -2.18. The van der Waals surface area contributed by atoms with Gasteiger partial charge in [0.15, 0.2) is 11.6 Å². The number of aryl methyl sites for hydroxylation is 3. The number of benzene rings is 2. The van der Waals surface area contributed by atoms with Gasteiger partial charge in [-0.15, -0.1) is 0 Å². The van der Waals surface area contributed by atoms with Gasteiger partial charge < -0.3 is 0 Å². The topological polar surface area (TPSA) is 34.1 Å². The zero-order chi connectivity index (χ0) is 16.5. The molecule has 0 amide bonds. The van der Waals surface area contributed by atoms with Gasteiger partial charge in [0.2, 0.25) is 0 Å². The number of fused-ring (bicyclic) bond motifs is 2. The van der Waals surface area contributed by atoms with Crippen LogP contribution in [-0.2, 0) is 12.8 Å². The number of hydrogen-bond donors (Lipinski definition) is 0. The van der Waals surface area contributed by atoms with Crippen LogP contribution in [0.3, 0.4) is 0 Å². The summed E-state index contributed by atoms with van der Waals surface area (Å²) in [7, 11) is 0. The van der Waals surface area contributed by atoms with Crippen molar-refractivity contribution in [3.8, 4) is 0 Å². The van der Waals surface area contributed by atoms with E-state index in [1.165, 1.54) is 11.1 Å². The summed E-state index contributed by atoms with van der Waals surface area (Å²) in [5.41, 5.74) is 7.37. The second-order valence-electron chi connectivity index (χ2n) is 7.22. The summed E-state index contributed by atoms with van der Waals surface area (Å²) >= 11 is 0. The second kappa shape index (κ2) is 4.41. The first-order valence-electron chi connectivity index (χ1n) is 8.14. The van der Waals surface area contributed by atoms with Crippen LogP contribution >= 0.6 is 0 Å². The third-order valence-corrected chi connectivity index (χ3v) is 5.92. The summed E-state index contributed by atoms with van der Waals surface area (Å²) in [6, 6.07) is 7.95. The molecule has 0 aromatic heterocycles. The highest BCUT2D eigenvalue weighted by Crippen LogP contribution is 2.48. The summed E-state index contributed by atoms with van der Waals surface area (Å²) in [5, 5.41) is 0. The molecule has 1 spiro atoms. The van der Waals surface area contributed by atoms with Crippen molar-refractivity contribution in [3.05, 3.63) is 68.8 Å². The third-order valence-electron chi connectivity index (χ3n) is 5.92. The van der Waals surface area contributed by atoms with E-state index in [4.69, 9.17) is 0 Å². The van der Waals surface area contributed by atoms with Crippen LogP contribution < -0.4 is 0 Å². The summed E-state index contributed by atoms with van der Waals surface area (Å²) in [6.07, 6.45) is 1.11. The van der Waals surface area contributed by atoms with Gasteiger partial charge in [0.05, 0.1) is 0 Å². The standard InChI is InChI=1S/C21H20O2/c1-11-5-6-16-18(14(11)4)10-21(19(16)22)9-15-7-12(2)13(3)8-17(15)20(21)23/h5-8H,9-10H2,1-4H3. The molecule has 2 heteroatoms. The van der Waals surface area contributed by atoms with Crippen LogP contribution in [0.15, 0.2) is 24.3 Å². The van der Waals surface area contributed by atoms with E-state index in [-0.39, 0.29) is 11.6 Å². The van der Waals surface area contributed by atoms with E-state index in [9.17, 15) is 9.59 Å². The first-order chi connectivity index (χ1) is 10.8. The van der Waals surface area contributed by atoms with Gasteiger partial charge in [-0.3, -0.25) is 9.59 Å². The van der Waals surface area contributed by atoms with E-state index < -0.39 is 5.41 Å². The van der Waals surface area contributed by atoms with Crippen molar-refractivity contribution in [2.75, 3.05) is 0 Å². The zero-order valence-corrected chi connectivity index (χ0v) is 14.0. The van der Waals surface area contributed by atoms with Crippen molar-refractivity contribution < 1.29 is 9.59 Å². The molecule has 4 rings (SSSR count). The Morgan fingerprint density at radius 1 is 0.783 bits per heavy atom. The Kier molecular flexibility index (Phi) is 2.76. The van der Waals surface area contributed by atoms with E-state index in [1.807, 2.05) is 25.1 Å². The number of carbonyl (C=O) groups is 2. The van der Waals surface area contributed by atoms with Crippen LogP contribution in [0, 0.1) is 33.1 Å². The molecule has 0 radical (unpaired) electrons. The van der Waals surface area contributed by atoms with Crippen molar-refractivity contribution in [2.24, 2.45) is 5.41 Å². The van der Waals surface area contributed by atoms with Crippen LogP contribution in [0.5, 0.6) is 0 Å². The van der Waals surface area contributed by atoms with Gasteiger partial charge in [0.1, 0.15) is 5.41 Å². The minimum absolute atomic E-state index is 0.0205. The van der Waals surface area contributed by atoms with Gasteiger partial charge in [-0.2, -0.15) is 0 Å². The number of carbonyl (C=O) groups excluding carboxylic acids is 2. The molecule has 2 aliphatic rings. The number of rotatable bonds is 0. The number of ketones is 2. The molecule has 0 aliphatic heterocycles. The maximum absolute atomic E-state index is 13.1. The maximum atomic E-state index is 13.1. The highest BCUT2D eigenvalue weighted by atomic mass is 16.2. The van der Waals surface area contributed by atoms with Crippen molar-refractivity contribution in [1.82, 2.24) is 0 Å². The Labute approximate surface area is 136 Å². The van der Waals surface area contributed by atoms with Crippen molar-refractivity contribution in [3.63, 3.8) is 0 Å². The van der Waals surface area contributed by atoms with Crippen molar-refractivity contribution in [2.45, 2.75) is 40.5 Å². The highest BCUT2D eigenvalue weighted by molar-refractivity contribution is 6.25. The van der Waals surface area contributed by atoms with Crippen LogP contribution in [-0.4, -0.2) is 11.6 Å². The molecule has 0 saturated carbocycles. The Morgan fingerprint density at radius 3 is 2.17 bits per heavy atom. The predicted octanol–water partition coefficient (Wildman–Crippen LogP) is 4.08. The van der Waals surface area contributed by atoms with E-state index in [0.717, 1.165) is 33.4 Å². The minimum Gasteiger partial charge on any atom is -0.293 e. The van der Waals surface area contributed by atoms with Gasteiger partial charge in [-0.1, -0.05) is 18.2 Å². The van der Waals surface area contributed by atoms with Crippen molar-refractivity contribution >= 4 is 11.6 Å². The van der Waals surface area contributed by atoms with Gasteiger partial charge in [-0.05, 0) is 80.0 Å². The number of hydrogen-bond acceptors (Lipinski definition) is 2. The van der Waals surface area contributed by atoms with Gasteiger partial charge in [0, 0.05) is 11.1 Å². The molecule has 116 valence electrons. The Hall–Kier alpha value is -2.22. The molecule has 2 aliphatic carbocycles. The second-order valence-corrected chi connectivity index (χ2v) is 7.22. The summed E-state index contributed by atoms with van der Waals surface area (Å²) in [5.74, 6) is 0.0426. The predicted molar refractivity (Wildman–Crippen MR) is 90.3 cm³/mol. The summed E-state index contributed by atoms with van der Waals surface area (Å²) in [4.78, 5) is 26.3. The van der Waals surface area contributed by atoms with E-state index in [2.05, 4.69) is 26.8 Å². The molecule has 0 N–H and O–H groups in total. The molecular formula is C21H20O2. The van der Waals surface area contributed by atoms with Gasteiger partial charge >= 0.3 is 0 Å². The fourth-order valence-corrected chi connectivity index (χ4v) is 4.18. The van der Waals surface area contributed by atoms with Crippen LogP contribution in [0.4, 0.5) is 0 Å². The molecule has 0 heterocycles. The molecule has 1 atom stereocenters. The first kappa shape index (κ1) is 14.4. The molecule has 1 unspecified atom stereocenters. The molecular weight excluding hydrogens is 284 g/mol. The smallest absolute Gasteiger partial charge is 0.177 e. The molecule has 23 heavy (non-hydrogen) atoms. The van der Waals surface area contributed by atoms with Crippen LogP contribution in [0.1, 0.15) is 54.1 Å².